The number of nitrogens with one attached hydrogen (secondary N) is 1. The highest BCUT2D eigenvalue weighted by molar-refractivity contribution is 9.10. The van der Waals surface area contributed by atoms with Crippen molar-refractivity contribution in [3.63, 3.8) is 0 Å². The number of nitrogens with two attached hydrogens (primary N) is 1. The van der Waals surface area contributed by atoms with Crippen molar-refractivity contribution in [3.05, 3.63) is 51.5 Å². The zero-order chi connectivity index (χ0) is 15.4. The minimum Gasteiger partial charge on any atom is -0.492 e. The molecule has 0 unspecified atom stereocenters. The Morgan fingerprint density at radius 2 is 2.10 bits per heavy atom. The van der Waals surface area contributed by atoms with E-state index in [-0.39, 0.29) is 5.91 Å². The van der Waals surface area contributed by atoms with Crippen LogP contribution in [0.1, 0.15) is 17.3 Å². The molecule has 0 aliphatic heterocycles. The van der Waals surface area contributed by atoms with E-state index in [2.05, 4.69) is 21.2 Å². The molecule has 0 aromatic heterocycles. The third-order valence-electron chi connectivity index (χ3n) is 2.67. The van der Waals surface area contributed by atoms with E-state index in [1.54, 1.807) is 36.4 Å². The molecule has 21 heavy (non-hydrogen) atoms. The van der Waals surface area contributed by atoms with Crippen LogP contribution in [-0.2, 0) is 0 Å². The van der Waals surface area contributed by atoms with E-state index in [1.165, 1.54) is 0 Å². The molecule has 2 rings (SSSR count). The predicted molar refractivity (Wildman–Crippen MR) is 89.1 cm³/mol. The number of anilines is 2. The second-order valence-corrected chi connectivity index (χ2v) is 5.63. The van der Waals surface area contributed by atoms with Crippen LogP contribution in [0.5, 0.6) is 5.75 Å². The molecule has 2 aromatic rings. The Morgan fingerprint density at radius 3 is 2.71 bits per heavy atom. The zero-order valence-electron chi connectivity index (χ0n) is 11.3. The summed E-state index contributed by atoms with van der Waals surface area (Å²) in [5.74, 6) is 0.326. The summed E-state index contributed by atoms with van der Waals surface area (Å²) in [5, 5.41) is 3.22. The molecule has 0 heterocycles. The van der Waals surface area contributed by atoms with Crippen LogP contribution in [0.15, 0.2) is 40.9 Å². The monoisotopic (exact) mass is 368 g/mol. The third kappa shape index (κ3) is 4.12. The largest absolute Gasteiger partial charge is 0.492 e. The van der Waals surface area contributed by atoms with E-state index in [4.69, 9.17) is 22.1 Å². The first-order valence-electron chi connectivity index (χ1n) is 6.29. The van der Waals surface area contributed by atoms with Crippen LogP contribution in [0, 0.1) is 0 Å². The highest BCUT2D eigenvalue weighted by Crippen LogP contribution is 2.28. The first kappa shape index (κ1) is 15.7. The van der Waals surface area contributed by atoms with E-state index in [0.29, 0.717) is 34.3 Å². The van der Waals surface area contributed by atoms with Crippen LogP contribution in [-0.4, -0.2) is 12.5 Å². The number of hydrogen-bond acceptors (Lipinski definition) is 3. The van der Waals surface area contributed by atoms with Crippen LogP contribution in [0.25, 0.3) is 0 Å². The van der Waals surface area contributed by atoms with E-state index in [9.17, 15) is 4.79 Å². The lowest BCUT2D eigenvalue weighted by atomic mass is 10.2. The first-order chi connectivity index (χ1) is 9.99. The number of hydrogen-bond donors (Lipinski definition) is 2. The fraction of sp³-hybridized carbons (Fsp3) is 0.133. The minimum absolute atomic E-state index is 0.261. The Hall–Kier alpha value is -1.72. The van der Waals surface area contributed by atoms with Gasteiger partial charge in [0, 0.05) is 21.4 Å². The van der Waals surface area contributed by atoms with Crippen molar-refractivity contribution in [2.45, 2.75) is 6.92 Å². The Labute approximate surface area is 136 Å². The van der Waals surface area contributed by atoms with Gasteiger partial charge in [0.25, 0.3) is 5.91 Å². The maximum atomic E-state index is 12.2. The van der Waals surface area contributed by atoms with Crippen molar-refractivity contribution < 1.29 is 9.53 Å². The van der Waals surface area contributed by atoms with E-state index >= 15 is 0 Å². The molecule has 0 spiro atoms. The number of benzene rings is 2. The number of nitrogen functional groups attached to an aromatic ring is 1. The van der Waals surface area contributed by atoms with Crippen LogP contribution < -0.4 is 15.8 Å². The molecule has 1 amide bonds. The summed E-state index contributed by atoms with van der Waals surface area (Å²) in [6.07, 6.45) is 0. The lowest BCUT2D eigenvalue weighted by molar-refractivity contribution is 0.102. The lowest BCUT2D eigenvalue weighted by Gasteiger charge is -2.10. The molecule has 0 atom stereocenters. The molecule has 0 aliphatic carbocycles. The van der Waals surface area contributed by atoms with Crippen LogP contribution >= 0.6 is 27.5 Å². The number of halogens is 2. The second kappa shape index (κ2) is 6.83. The van der Waals surface area contributed by atoms with Gasteiger partial charge in [0.05, 0.1) is 11.6 Å². The van der Waals surface area contributed by atoms with Gasteiger partial charge in [-0.25, -0.2) is 0 Å². The smallest absolute Gasteiger partial charge is 0.255 e. The van der Waals surface area contributed by atoms with Gasteiger partial charge in [-0.1, -0.05) is 27.5 Å². The highest BCUT2D eigenvalue weighted by Gasteiger charge is 2.09. The summed E-state index contributed by atoms with van der Waals surface area (Å²) >= 11 is 9.39. The molecule has 2 aromatic carbocycles. The fourth-order valence-electron chi connectivity index (χ4n) is 1.80. The molecule has 0 fully saturated rings. The molecule has 110 valence electrons. The molecule has 0 aliphatic rings. The molecule has 3 N–H and O–H groups in total. The molecule has 0 bridgehead atoms. The van der Waals surface area contributed by atoms with E-state index in [1.807, 2.05) is 6.92 Å². The van der Waals surface area contributed by atoms with Crippen molar-refractivity contribution in [3.8, 4) is 5.75 Å². The SMILES string of the molecule is CCOc1ccc(NC(=O)c2cc(N)cc(Br)c2)cc1Cl. The molecular formula is C15H14BrClN2O2. The van der Waals surface area contributed by atoms with Crippen LogP contribution in [0.3, 0.4) is 0 Å². The van der Waals surface area contributed by atoms with Crippen molar-refractivity contribution in [2.24, 2.45) is 0 Å². The maximum absolute atomic E-state index is 12.2. The van der Waals surface area contributed by atoms with Gasteiger partial charge in [-0.2, -0.15) is 0 Å². The standard InChI is InChI=1S/C15H14BrClN2O2/c1-2-21-14-4-3-12(8-13(14)17)19-15(20)9-5-10(16)7-11(18)6-9/h3-8H,2,18H2,1H3,(H,19,20). The molecule has 4 nitrogen and oxygen atoms in total. The average Bonchev–Trinajstić information content (AvgIpc) is 2.41. The van der Waals surface area contributed by atoms with E-state index in [0.717, 1.165) is 4.47 Å². The van der Waals surface area contributed by atoms with Crippen molar-refractivity contribution in [1.82, 2.24) is 0 Å². The van der Waals surface area contributed by atoms with E-state index < -0.39 is 0 Å². The van der Waals surface area contributed by atoms with Gasteiger partial charge in [0.1, 0.15) is 5.75 Å². The number of carbonyl (C=O) groups is 1. The van der Waals surface area contributed by atoms with Gasteiger partial charge in [0.15, 0.2) is 0 Å². The first-order valence-corrected chi connectivity index (χ1v) is 7.46. The van der Waals surface area contributed by atoms with Gasteiger partial charge in [-0.15, -0.1) is 0 Å². The summed E-state index contributed by atoms with van der Waals surface area (Å²) in [4.78, 5) is 12.2. The van der Waals surface area contributed by atoms with Crippen LogP contribution in [0.4, 0.5) is 11.4 Å². The Bertz CT molecular complexity index is 656. The quantitative estimate of drug-likeness (QED) is 0.788. The number of rotatable bonds is 4. The molecule has 6 heteroatoms. The number of carbonyl (C=O) groups excluding carboxylic acids is 1. The van der Waals surface area contributed by atoms with Crippen molar-refractivity contribution >= 4 is 44.8 Å². The summed E-state index contributed by atoms with van der Waals surface area (Å²) in [7, 11) is 0. The molecular weight excluding hydrogens is 356 g/mol. The Morgan fingerprint density at radius 1 is 1.33 bits per heavy atom. The highest BCUT2D eigenvalue weighted by atomic mass is 79.9. The number of amides is 1. The molecule has 0 radical (unpaired) electrons. The summed E-state index contributed by atoms with van der Waals surface area (Å²) in [5.41, 5.74) is 7.29. The Kier molecular flexibility index (Phi) is 5.09. The molecule has 0 saturated carbocycles. The molecule has 0 saturated heterocycles. The van der Waals surface area contributed by atoms with Gasteiger partial charge >= 0.3 is 0 Å². The van der Waals surface area contributed by atoms with Crippen molar-refractivity contribution in [2.75, 3.05) is 17.7 Å². The van der Waals surface area contributed by atoms with Gasteiger partial charge in [-0.05, 0) is 43.3 Å². The summed E-state index contributed by atoms with van der Waals surface area (Å²) in [6.45, 7) is 2.41. The van der Waals surface area contributed by atoms with Crippen molar-refractivity contribution in [1.29, 1.82) is 0 Å². The normalized spacial score (nSPS) is 10.2. The minimum atomic E-state index is -0.261. The second-order valence-electron chi connectivity index (χ2n) is 4.31. The zero-order valence-corrected chi connectivity index (χ0v) is 13.7. The van der Waals surface area contributed by atoms with Gasteiger partial charge < -0.3 is 15.8 Å². The third-order valence-corrected chi connectivity index (χ3v) is 3.43. The number of ether oxygens (including phenoxy) is 1. The predicted octanol–water partition coefficient (Wildman–Crippen LogP) is 4.34. The lowest BCUT2D eigenvalue weighted by Crippen LogP contribution is -2.12. The summed E-state index contributed by atoms with van der Waals surface area (Å²) in [6, 6.07) is 10.1. The topological polar surface area (TPSA) is 64.3 Å². The average molecular weight is 370 g/mol. The summed E-state index contributed by atoms with van der Waals surface area (Å²) < 4.78 is 6.09. The maximum Gasteiger partial charge on any atom is 0.255 e. The fourth-order valence-corrected chi connectivity index (χ4v) is 2.54. The van der Waals surface area contributed by atoms with Crippen LogP contribution in [0.2, 0.25) is 5.02 Å². The Balaban J connectivity index is 2.17. The van der Waals surface area contributed by atoms with Gasteiger partial charge in [0.2, 0.25) is 0 Å². The van der Waals surface area contributed by atoms with Gasteiger partial charge in [-0.3, -0.25) is 4.79 Å².